The van der Waals surface area contributed by atoms with Gasteiger partial charge < -0.3 is 10.2 Å². The van der Waals surface area contributed by atoms with Gasteiger partial charge in [-0.2, -0.15) is 0 Å². The maximum atomic E-state index is 13.8. The summed E-state index contributed by atoms with van der Waals surface area (Å²) in [5.41, 5.74) is 3.73. The molecule has 0 atom stereocenters. The molecule has 0 radical (unpaired) electrons. The Morgan fingerprint density at radius 3 is 1.59 bits per heavy atom. The Kier molecular flexibility index (Phi) is 6.44. The summed E-state index contributed by atoms with van der Waals surface area (Å²) in [5, 5.41) is 24.1. The second-order valence-corrected chi connectivity index (χ2v) is 13.1. The number of carboxylic acid groups (broad SMARTS) is 1. The van der Waals surface area contributed by atoms with Crippen molar-refractivity contribution in [1.29, 1.82) is 0 Å². The summed E-state index contributed by atoms with van der Waals surface area (Å²) < 4.78 is 0. The Labute approximate surface area is 194 Å². The van der Waals surface area contributed by atoms with E-state index in [1.807, 2.05) is 47.6 Å². The monoisotopic (exact) mass is 437 g/mol. The van der Waals surface area contributed by atoms with Crippen LogP contribution < -0.4 is 5.11 Å². The number of carboxylic acids is 1. The molecule has 0 amide bonds. The van der Waals surface area contributed by atoms with Gasteiger partial charge in [0.25, 0.3) is 0 Å². The molecule has 3 heteroatoms. The smallest absolute Gasteiger partial charge is 0.336 e. The molecule has 0 aliphatic heterocycles. The molecule has 0 saturated carbocycles. The molecule has 32 heavy (non-hydrogen) atoms. The van der Waals surface area contributed by atoms with Crippen molar-refractivity contribution in [2.24, 2.45) is 0 Å². The summed E-state index contributed by atoms with van der Waals surface area (Å²) >= 11 is 0. The van der Waals surface area contributed by atoms with E-state index in [1.165, 1.54) is 5.56 Å². The van der Waals surface area contributed by atoms with E-state index >= 15 is 0 Å². The van der Waals surface area contributed by atoms with Crippen LogP contribution in [0, 0.1) is 0 Å². The Morgan fingerprint density at radius 1 is 0.719 bits per heavy atom. The summed E-state index contributed by atoms with van der Waals surface area (Å²) in [7, 11) is 0. The first-order valence-corrected chi connectivity index (χ1v) is 11.4. The van der Waals surface area contributed by atoms with Crippen LogP contribution in [-0.4, -0.2) is 11.1 Å². The van der Waals surface area contributed by atoms with Gasteiger partial charge in [0.05, 0.1) is 5.56 Å². The normalized spacial score (nSPS) is 13.4. The minimum Gasteiger partial charge on any atom is -0.872 e. The lowest BCUT2D eigenvalue weighted by atomic mass is 9.71. The molecular weight excluding hydrogens is 396 g/mol. The first-order valence-electron chi connectivity index (χ1n) is 11.4. The molecule has 2 aromatic carbocycles. The van der Waals surface area contributed by atoms with Gasteiger partial charge in [0, 0.05) is 0 Å². The lowest BCUT2D eigenvalue weighted by Crippen LogP contribution is -2.25. The molecule has 2 rings (SSSR count). The molecule has 0 saturated heterocycles. The number of aromatic carboxylic acids is 1. The predicted molar refractivity (Wildman–Crippen MR) is 133 cm³/mol. The van der Waals surface area contributed by atoms with E-state index in [1.54, 1.807) is 6.07 Å². The third-order valence-corrected chi connectivity index (χ3v) is 6.03. The zero-order valence-corrected chi connectivity index (χ0v) is 22.1. The molecule has 2 aromatic rings. The largest absolute Gasteiger partial charge is 0.872 e. The van der Waals surface area contributed by atoms with Crippen molar-refractivity contribution in [3.05, 3.63) is 52.1 Å². The highest BCUT2D eigenvalue weighted by molar-refractivity contribution is 5.99. The van der Waals surface area contributed by atoms with E-state index in [0.29, 0.717) is 16.7 Å². The van der Waals surface area contributed by atoms with Gasteiger partial charge in [-0.25, -0.2) is 4.79 Å². The third kappa shape index (κ3) is 5.03. The average molecular weight is 438 g/mol. The molecule has 0 bridgehead atoms. The first kappa shape index (κ1) is 26.0. The Hall–Kier alpha value is -2.29. The van der Waals surface area contributed by atoms with Crippen molar-refractivity contribution in [2.75, 3.05) is 0 Å². The van der Waals surface area contributed by atoms with Crippen LogP contribution >= 0.6 is 0 Å². The maximum absolute atomic E-state index is 13.8. The van der Waals surface area contributed by atoms with Gasteiger partial charge in [-0.15, -0.1) is 5.75 Å². The third-order valence-electron chi connectivity index (χ3n) is 6.03. The number of rotatable bonds is 2. The van der Waals surface area contributed by atoms with Crippen LogP contribution in [0.4, 0.5) is 0 Å². The lowest BCUT2D eigenvalue weighted by Gasteiger charge is -2.37. The van der Waals surface area contributed by atoms with Gasteiger partial charge in [-0.05, 0) is 61.1 Å². The lowest BCUT2D eigenvalue weighted by molar-refractivity contribution is -0.271. The van der Waals surface area contributed by atoms with E-state index in [2.05, 4.69) is 53.7 Å². The molecule has 0 unspecified atom stereocenters. The number of hydrogen-bond acceptors (Lipinski definition) is 2. The van der Waals surface area contributed by atoms with Crippen molar-refractivity contribution in [3.63, 3.8) is 0 Å². The minimum absolute atomic E-state index is 0.0409. The van der Waals surface area contributed by atoms with Crippen molar-refractivity contribution < 1.29 is 15.0 Å². The molecular formula is C29H41O3-. The minimum atomic E-state index is -1.00. The van der Waals surface area contributed by atoms with Crippen molar-refractivity contribution in [2.45, 2.75) is 105 Å². The fraction of sp³-hybridized carbons (Fsp3) is 0.552. The summed E-state index contributed by atoms with van der Waals surface area (Å²) in [6.07, 6.45) is 0. The van der Waals surface area contributed by atoms with Crippen LogP contribution in [0.1, 0.15) is 116 Å². The van der Waals surface area contributed by atoms with E-state index < -0.39 is 16.8 Å². The van der Waals surface area contributed by atoms with Crippen LogP contribution in [0.3, 0.4) is 0 Å². The van der Waals surface area contributed by atoms with Crippen LogP contribution in [0.5, 0.6) is 5.75 Å². The van der Waals surface area contributed by atoms with Gasteiger partial charge in [-0.3, -0.25) is 0 Å². The van der Waals surface area contributed by atoms with Crippen LogP contribution in [0.25, 0.3) is 11.1 Å². The van der Waals surface area contributed by atoms with E-state index in [9.17, 15) is 15.0 Å². The van der Waals surface area contributed by atoms with Gasteiger partial charge in [0.2, 0.25) is 0 Å². The van der Waals surface area contributed by atoms with E-state index in [0.717, 1.165) is 11.1 Å². The Bertz CT molecular complexity index is 1030. The summed E-state index contributed by atoms with van der Waals surface area (Å²) in [6.45, 7) is 24.8. The SMILES string of the molecule is CC(C)(C)c1ccc(-c2c(C(=O)O)cc(C(C)(C)C)c([O-])c2C(C)(C)C)c(C(C)(C)C)c1. The van der Waals surface area contributed by atoms with Crippen molar-refractivity contribution >= 4 is 5.97 Å². The summed E-state index contributed by atoms with van der Waals surface area (Å²) in [5.74, 6) is -1.06. The highest BCUT2D eigenvalue weighted by Crippen LogP contribution is 2.47. The molecule has 0 fully saturated rings. The number of benzene rings is 2. The maximum Gasteiger partial charge on any atom is 0.336 e. The molecule has 0 aliphatic rings. The molecule has 176 valence electrons. The van der Waals surface area contributed by atoms with Gasteiger partial charge in [0.15, 0.2) is 0 Å². The first-order chi connectivity index (χ1) is 14.2. The van der Waals surface area contributed by atoms with Crippen molar-refractivity contribution in [3.8, 4) is 16.9 Å². The second kappa shape index (κ2) is 7.93. The van der Waals surface area contributed by atoms with Crippen LogP contribution in [0.2, 0.25) is 0 Å². The zero-order valence-electron chi connectivity index (χ0n) is 22.1. The van der Waals surface area contributed by atoms with Gasteiger partial charge in [-0.1, -0.05) is 101 Å². The number of hydrogen-bond donors (Lipinski definition) is 1. The number of carbonyl (C=O) groups is 1. The average Bonchev–Trinajstić information content (AvgIpc) is 2.56. The zero-order chi connectivity index (χ0) is 25.0. The van der Waals surface area contributed by atoms with Crippen LogP contribution in [-0.2, 0) is 21.7 Å². The molecule has 3 nitrogen and oxygen atoms in total. The van der Waals surface area contributed by atoms with Crippen molar-refractivity contribution in [1.82, 2.24) is 0 Å². The van der Waals surface area contributed by atoms with Crippen LogP contribution in [0.15, 0.2) is 24.3 Å². The topological polar surface area (TPSA) is 60.4 Å². The van der Waals surface area contributed by atoms with Gasteiger partial charge >= 0.3 is 5.97 Å². The summed E-state index contributed by atoms with van der Waals surface area (Å²) in [4.78, 5) is 12.5. The fourth-order valence-corrected chi connectivity index (χ4v) is 4.24. The summed E-state index contributed by atoms with van der Waals surface area (Å²) in [6, 6.07) is 7.90. The van der Waals surface area contributed by atoms with E-state index in [4.69, 9.17) is 0 Å². The molecule has 0 spiro atoms. The highest BCUT2D eigenvalue weighted by atomic mass is 16.4. The standard InChI is InChI=1S/C29H42O3/c1-26(2,3)17-13-14-18(20(15-17)27(4,5)6)22-19(25(31)32)16-21(28(7,8)9)24(30)23(22)29(10,11)12/h13-16,30H,1-12H3,(H,31,32)/p-1. The molecule has 1 N–H and O–H groups in total. The second-order valence-electron chi connectivity index (χ2n) is 13.1. The Balaban J connectivity index is 3.17. The molecule has 0 aliphatic carbocycles. The molecule has 0 heterocycles. The predicted octanol–water partition coefficient (Wildman–Crippen LogP) is 7.32. The van der Waals surface area contributed by atoms with E-state index in [-0.39, 0.29) is 22.1 Å². The highest BCUT2D eigenvalue weighted by Gasteiger charge is 2.32. The molecule has 0 aromatic heterocycles. The Morgan fingerprint density at radius 2 is 1.22 bits per heavy atom. The quantitative estimate of drug-likeness (QED) is 0.535. The fourth-order valence-electron chi connectivity index (χ4n) is 4.24. The van der Waals surface area contributed by atoms with Gasteiger partial charge in [0.1, 0.15) is 0 Å².